The minimum atomic E-state index is 0.436. The zero-order valence-corrected chi connectivity index (χ0v) is 6.60. The Balaban J connectivity index is 3.15. The van der Waals surface area contributed by atoms with Gasteiger partial charge in [-0.25, -0.2) is 0 Å². The maximum absolute atomic E-state index is 8.56. The summed E-state index contributed by atoms with van der Waals surface area (Å²) in [4.78, 5) is 0. The summed E-state index contributed by atoms with van der Waals surface area (Å²) in [5, 5.41) is 9.04. The van der Waals surface area contributed by atoms with Crippen molar-refractivity contribution in [1.82, 2.24) is 0 Å². The molecule has 0 unspecified atom stereocenters. The Hall–Kier alpha value is -1.04. The van der Waals surface area contributed by atoms with E-state index in [9.17, 15) is 0 Å². The van der Waals surface area contributed by atoms with E-state index in [1.165, 1.54) is 0 Å². The molecule has 0 amide bonds. The van der Waals surface area contributed by atoms with Gasteiger partial charge in [0.1, 0.15) is 6.07 Å². The third-order valence-corrected chi connectivity index (χ3v) is 1.72. The van der Waals surface area contributed by atoms with Crippen LogP contribution in [0.2, 0.25) is 5.02 Å². The van der Waals surface area contributed by atoms with Crippen LogP contribution < -0.4 is 5.73 Å². The van der Waals surface area contributed by atoms with E-state index in [0.717, 1.165) is 5.56 Å². The molecule has 0 aliphatic rings. The Morgan fingerprint density at radius 3 is 2.82 bits per heavy atom. The first-order valence-electron chi connectivity index (χ1n) is 3.16. The first kappa shape index (κ1) is 8.06. The lowest BCUT2D eigenvalue weighted by atomic mass is 10.1. The zero-order valence-electron chi connectivity index (χ0n) is 5.84. The lowest BCUT2D eigenvalue weighted by Crippen LogP contribution is -1.96. The van der Waals surface area contributed by atoms with Gasteiger partial charge in [0.25, 0.3) is 0 Å². The fraction of sp³-hybridized carbons (Fsp3) is 0.125. The molecule has 0 saturated heterocycles. The number of benzene rings is 1. The van der Waals surface area contributed by atoms with Crippen molar-refractivity contribution < 1.29 is 0 Å². The van der Waals surface area contributed by atoms with E-state index in [0.29, 0.717) is 17.1 Å². The summed E-state index contributed by atoms with van der Waals surface area (Å²) in [6.45, 7) is 0.436. The molecule has 1 aromatic rings. The molecule has 11 heavy (non-hydrogen) atoms. The number of nitrogens with zero attached hydrogens (tertiary/aromatic N) is 1. The number of hydrogen-bond acceptors (Lipinski definition) is 2. The van der Waals surface area contributed by atoms with Crippen LogP contribution in [0.5, 0.6) is 0 Å². The molecule has 3 heteroatoms. The number of rotatable bonds is 1. The van der Waals surface area contributed by atoms with Crippen molar-refractivity contribution in [2.45, 2.75) is 6.54 Å². The molecule has 0 heterocycles. The van der Waals surface area contributed by atoms with Gasteiger partial charge in [0.05, 0.1) is 10.6 Å². The predicted octanol–water partition coefficient (Wildman–Crippen LogP) is 1.67. The van der Waals surface area contributed by atoms with Crippen molar-refractivity contribution in [3.8, 4) is 6.07 Å². The summed E-state index contributed by atoms with van der Waals surface area (Å²) in [7, 11) is 0. The lowest BCUT2D eigenvalue weighted by Gasteiger charge is -1.97. The van der Waals surface area contributed by atoms with Crippen molar-refractivity contribution in [2.24, 2.45) is 5.73 Å². The first-order chi connectivity index (χ1) is 5.27. The first-order valence-corrected chi connectivity index (χ1v) is 3.54. The maximum atomic E-state index is 8.56. The fourth-order valence-corrected chi connectivity index (χ4v) is 0.945. The number of nitriles is 1. The van der Waals surface area contributed by atoms with Gasteiger partial charge in [-0.3, -0.25) is 0 Å². The van der Waals surface area contributed by atoms with Crippen molar-refractivity contribution in [2.75, 3.05) is 0 Å². The average Bonchev–Trinajstić information content (AvgIpc) is 2.05. The van der Waals surface area contributed by atoms with Crippen LogP contribution in [-0.2, 0) is 6.54 Å². The fourth-order valence-electron chi connectivity index (χ4n) is 0.785. The topological polar surface area (TPSA) is 49.8 Å². The van der Waals surface area contributed by atoms with E-state index < -0.39 is 0 Å². The molecule has 0 aromatic heterocycles. The third-order valence-electron chi connectivity index (χ3n) is 1.39. The van der Waals surface area contributed by atoms with Crippen LogP contribution in [0.1, 0.15) is 11.1 Å². The molecular formula is C8H7ClN2. The molecule has 56 valence electrons. The van der Waals surface area contributed by atoms with E-state index in [4.69, 9.17) is 22.6 Å². The van der Waals surface area contributed by atoms with E-state index in [1.54, 1.807) is 12.1 Å². The molecule has 2 nitrogen and oxygen atoms in total. The summed E-state index contributed by atoms with van der Waals surface area (Å²) >= 11 is 5.69. The average molecular weight is 167 g/mol. The molecule has 0 bridgehead atoms. The van der Waals surface area contributed by atoms with Crippen molar-refractivity contribution in [3.63, 3.8) is 0 Å². The third kappa shape index (κ3) is 1.70. The van der Waals surface area contributed by atoms with Gasteiger partial charge in [0, 0.05) is 6.54 Å². The van der Waals surface area contributed by atoms with Gasteiger partial charge in [-0.1, -0.05) is 17.7 Å². The molecule has 1 rings (SSSR count). The normalized spacial score (nSPS) is 9.18. The summed E-state index contributed by atoms with van der Waals surface area (Å²) in [6.07, 6.45) is 0. The smallest absolute Gasteiger partial charge is 0.101 e. The molecule has 0 saturated carbocycles. The Bertz CT molecular complexity index is 301. The molecule has 0 atom stereocenters. The highest BCUT2D eigenvalue weighted by atomic mass is 35.5. The van der Waals surface area contributed by atoms with Gasteiger partial charge in [-0.15, -0.1) is 0 Å². The molecule has 0 fully saturated rings. The second-order valence-electron chi connectivity index (χ2n) is 2.13. The van der Waals surface area contributed by atoms with Crippen LogP contribution in [0, 0.1) is 11.3 Å². The molecule has 1 aromatic carbocycles. The van der Waals surface area contributed by atoms with Crippen molar-refractivity contribution >= 4 is 11.6 Å². The second kappa shape index (κ2) is 3.38. The Labute approximate surface area is 70.2 Å². The number of hydrogen-bond donors (Lipinski definition) is 1. The Kier molecular flexibility index (Phi) is 2.48. The van der Waals surface area contributed by atoms with Crippen LogP contribution in [0.15, 0.2) is 18.2 Å². The van der Waals surface area contributed by atoms with E-state index in [2.05, 4.69) is 0 Å². The van der Waals surface area contributed by atoms with Gasteiger partial charge >= 0.3 is 0 Å². The highest BCUT2D eigenvalue weighted by molar-refractivity contribution is 6.31. The Morgan fingerprint density at radius 1 is 1.55 bits per heavy atom. The van der Waals surface area contributed by atoms with Gasteiger partial charge in [-0.05, 0) is 17.7 Å². The SMILES string of the molecule is N#Cc1cc(CN)ccc1Cl. The highest BCUT2D eigenvalue weighted by Gasteiger charge is 1.98. The van der Waals surface area contributed by atoms with Crippen LogP contribution >= 0.6 is 11.6 Å². The van der Waals surface area contributed by atoms with Crippen LogP contribution in [0.4, 0.5) is 0 Å². The summed E-state index contributed by atoms with van der Waals surface area (Å²) < 4.78 is 0. The van der Waals surface area contributed by atoms with Crippen LogP contribution in [0.25, 0.3) is 0 Å². The summed E-state index contributed by atoms with van der Waals surface area (Å²) in [5.74, 6) is 0. The van der Waals surface area contributed by atoms with E-state index >= 15 is 0 Å². The molecule has 0 radical (unpaired) electrons. The van der Waals surface area contributed by atoms with E-state index in [-0.39, 0.29) is 0 Å². The summed E-state index contributed by atoms with van der Waals surface area (Å²) in [6, 6.07) is 7.17. The van der Waals surface area contributed by atoms with Crippen molar-refractivity contribution in [1.29, 1.82) is 5.26 Å². The van der Waals surface area contributed by atoms with Crippen molar-refractivity contribution in [3.05, 3.63) is 34.3 Å². The largest absolute Gasteiger partial charge is 0.326 e. The lowest BCUT2D eigenvalue weighted by molar-refractivity contribution is 1.07. The zero-order chi connectivity index (χ0) is 8.27. The predicted molar refractivity (Wildman–Crippen MR) is 44.1 cm³/mol. The van der Waals surface area contributed by atoms with Gasteiger partial charge in [0.2, 0.25) is 0 Å². The van der Waals surface area contributed by atoms with E-state index in [1.807, 2.05) is 12.1 Å². The number of halogens is 1. The monoisotopic (exact) mass is 166 g/mol. The van der Waals surface area contributed by atoms with Gasteiger partial charge in [0.15, 0.2) is 0 Å². The minimum absolute atomic E-state index is 0.436. The molecule has 0 aliphatic carbocycles. The van der Waals surface area contributed by atoms with Crippen LogP contribution in [-0.4, -0.2) is 0 Å². The minimum Gasteiger partial charge on any atom is -0.326 e. The standard InChI is InChI=1S/C8H7ClN2/c9-8-2-1-6(4-10)3-7(8)5-11/h1-3H,4,10H2. The molecular weight excluding hydrogens is 160 g/mol. The van der Waals surface area contributed by atoms with Crippen LogP contribution in [0.3, 0.4) is 0 Å². The Morgan fingerprint density at radius 2 is 2.27 bits per heavy atom. The molecule has 0 aliphatic heterocycles. The van der Waals surface area contributed by atoms with Gasteiger partial charge in [-0.2, -0.15) is 5.26 Å². The maximum Gasteiger partial charge on any atom is 0.101 e. The molecule has 0 spiro atoms. The summed E-state index contributed by atoms with van der Waals surface area (Å²) in [5.41, 5.74) is 6.77. The quantitative estimate of drug-likeness (QED) is 0.690. The highest BCUT2D eigenvalue weighted by Crippen LogP contribution is 2.15. The number of nitrogens with two attached hydrogens (primary N) is 1. The molecule has 2 N–H and O–H groups in total. The second-order valence-corrected chi connectivity index (χ2v) is 2.54. The van der Waals surface area contributed by atoms with Gasteiger partial charge < -0.3 is 5.73 Å².